The molecule has 4 rings (SSSR count). The number of benzene rings is 3. The second kappa shape index (κ2) is 9.62. The topological polar surface area (TPSA) is 69.9 Å². The Balaban J connectivity index is 1.65. The van der Waals surface area contributed by atoms with Crippen LogP contribution in [0.2, 0.25) is 0 Å². The number of ether oxygens (including phenoxy) is 2. The van der Waals surface area contributed by atoms with Crippen LogP contribution in [0.4, 0.5) is 0 Å². The van der Waals surface area contributed by atoms with Crippen LogP contribution in [0.25, 0.3) is 10.2 Å². The molecule has 32 heavy (non-hydrogen) atoms. The number of esters is 1. The molecule has 0 unspecified atom stereocenters. The standard InChI is InChI=1S/C25H22N2O4S/c1-3-30-22(28)16-27-23-17(2)8-7-11-21(23)32-25(27)26-24(29)18-12-14-20(15-13-18)31-19-9-5-4-6-10-19/h4-15H,3,16H2,1-2H3. The lowest BCUT2D eigenvalue weighted by Gasteiger charge is -2.07. The van der Waals surface area contributed by atoms with E-state index in [1.165, 1.54) is 11.3 Å². The Morgan fingerprint density at radius 2 is 1.66 bits per heavy atom. The van der Waals surface area contributed by atoms with Gasteiger partial charge in [0.1, 0.15) is 18.0 Å². The first-order valence-corrected chi connectivity index (χ1v) is 11.0. The van der Waals surface area contributed by atoms with Gasteiger partial charge >= 0.3 is 5.97 Å². The van der Waals surface area contributed by atoms with E-state index in [0.717, 1.165) is 21.5 Å². The number of nitrogens with zero attached hydrogens (tertiary/aromatic N) is 2. The summed E-state index contributed by atoms with van der Waals surface area (Å²) in [4.78, 5) is 29.8. The van der Waals surface area contributed by atoms with Crippen molar-refractivity contribution in [3.8, 4) is 11.5 Å². The predicted octanol–water partition coefficient (Wildman–Crippen LogP) is 5.11. The van der Waals surface area contributed by atoms with Crippen molar-refractivity contribution in [2.24, 2.45) is 4.99 Å². The monoisotopic (exact) mass is 446 g/mol. The summed E-state index contributed by atoms with van der Waals surface area (Å²) in [5.74, 6) is 0.587. The van der Waals surface area contributed by atoms with Crippen molar-refractivity contribution in [3.05, 3.63) is 88.7 Å². The van der Waals surface area contributed by atoms with Gasteiger partial charge in [-0.05, 0) is 61.9 Å². The van der Waals surface area contributed by atoms with Crippen LogP contribution < -0.4 is 9.54 Å². The normalized spacial score (nSPS) is 11.5. The highest BCUT2D eigenvalue weighted by Crippen LogP contribution is 2.23. The molecule has 0 fully saturated rings. The number of carbonyl (C=O) groups excluding carboxylic acids is 2. The van der Waals surface area contributed by atoms with Gasteiger partial charge in [-0.25, -0.2) is 0 Å². The van der Waals surface area contributed by atoms with E-state index in [-0.39, 0.29) is 12.5 Å². The molecule has 0 spiro atoms. The molecule has 0 radical (unpaired) electrons. The Kier molecular flexibility index (Phi) is 6.47. The summed E-state index contributed by atoms with van der Waals surface area (Å²) < 4.78 is 13.6. The van der Waals surface area contributed by atoms with E-state index in [1.807, 2.05) is 55.5 Å². The molecule has 0 saturated carbocycles. The molecule has 1 aromatic heterocycles. The van der Waals surface area contributed by atoms with Gasteiger partial charge in [0.2, 0.25) is 0 Å². The first-order chi connectivity index (χ1) is 15.5. The minimum Gasteiger partial charge on any atom is -0.465 e. The molecule has 0 atom stereocenters. The first kappa shape index (κ1) is 21.5. The van der Waals surface area contributed by atoms with Gasteiger partial charge in [0.05, 0.1) is 16.8 Å². The van der Waals surface area contributed by atoms with Gasteiger partial charge in [0.15, 0.2) is 4.80 Å². The number of fused-ring (bicyclic) bond motifs is 1. The zero-order valence-corrected chi connectivity index (χ0v) is 18.6. The molecule has 162 valence electrons. The number of thiazole rings is 1. The summed E-state index contributed by atoms with van der Waals surface area (Å²) >= 11 is 1.37. The van der Waals surface area contributed by atoms with Crippen molar-refractivity contribution in [2.75, 3.05) is 6.61 Å². The van der Waals surface area contributed by atoms with Crippen LogP contribution in [0.15, 0.2) is 77.8 Å². The zero-order chi connectivity index (χ0) is 22.5. The number of amides is 1. The number of carbonyl (C=O) groups is 2. The third kappa shape index (κ3) is 4.78. The van der Waals surface area contributed by atoms with Crippen molar-refractivity contribution in [3.63, 3.8) is 0 Å². The maximum atomic E-state index is 12.9. The summed E-state index contributed by atoms with van der Waals surface area (Å²) in [6.45, 7) is 4.02. The smallest absolute Gasteiger partial charge is 0.326 e. The predicted molar refractivity (Wildman–Crippen MR) is 124 cm³/mol. The molecule has 0 saturated heterocycles. The van der Waals surface area contributed by atoms with E-state index in [1.54, 1.807) is 35.8 Å². The van der Waals surface area contributed by atoms with Crippen molar-refractivity contribution in [1.29, 1.82) is 0 Å². The van der Waals surface area contributed by atoms with Gasteiger partial charge in [0.25, 0.3) is 5.91 Å². The van der Waals surface area contributed by atoms with Crippen LogP contribution in [0.3, 0.4) is 0 Å². The molecule has 1 heterocycles. The maximum absolute atomic E-state index is 12.9. The number of rotatable bonds is 6. The van der Waals surface area contributed by atoms with Gasteiger partial charge in [-0.3, -0.25) is 9.59 Å². The Labute approximate surface area is 189 Å². The molecule has 0 aliphatic carbocycles. The Morgan fingerprint density at radius 3 is 2.38 bits per heavy atom. The van der Waals surface area contributed by atoms with Crippen LogP contribution in [-0.4, -0.2) is 23.1 Å². The minimum absolute atomic E-state index is 0.00530. The third-order valence-corrected chi connectivity index (χ3v) is 5.82. The molecule has 4 aromatic rings. The fraction of sp³-hybridized carbons (Fsp3) is 0.160. The Bertz CT molecular complexity index is 1320. The van der Waals surface area contributed by atoms with Gasteiger partial charge < -0.3 is 14.0 Å². The van der Waals surface area contributed by atoms with E-state index in [9.17, 15) is 9.59 Å². The lowest BCUT2D eigenvalue weighted by molar-refractivity contribution is -0.143. The molecule has 6 nitrogen and oxygen atoms in total. The molecule has 0 bridgehead atoms. The number of aryl methyl sites for hydroxylation is 1. The fourth-order valence-corrected chi connectivity index (χ4v) is 4.42. The van der Waals surface area contributed by atoms with Crippen LogP contribution in [0, 0.1) is 6.92 Å². The summed E-state index contributed by atoms with van der Waals surface area (Å²) in [6.07, 6.45) is 0. The number of hydrogen-bond donors (Lipinski definition) is 0. The maximum Gasteiger partial charge on any atom is 0.326 e. The quantitative estimate of drug-likeness (QED) is 0.386. The average Bonchev–Trinajstić information content (AvgIpc) is 3.13. The lowest BCUT2D eigenvalue weighted by atomic mass is 10.2. The van der Waals surface area contributed by atoms with Crippen molar-refractivity contribution < 1.29 is 19.1 Å². The highest BCUT2D eigenvalue weighted by molar-refractivity contribution is 7.16. The molecule has 3 aromatic carbocycles. The SMILES string of the molecule is CCOC(=O)Cn1c(=NC(=O)c2ccc(Oc3ccccc3)cc2)sc2cccc(C)c21. The summed E-state index contributed by atoms with van der Waals surface area (Å²) in [7, 11) is 0. The number of para-hydroxylation sites is 2. The van der Waals surface area contributed by atoms with Gasteiger partial charge in [-0.1, -0.05) is 41.7 Å². The van der Waals surface area contributed by atoms with E-state index in [2.05, 4.69) is 4.99 Å². The van der Waals surface area contributed by atoms with Crippen molar-refractivity contribution in [2.45, 2.75) is 20.4 Å². The Morgan fingerprint density at radius 1 is 0.938 bits per heavy atom. The third-order valence-electron chi connectivity index (χ3n) is 4.77. The van der Waals surface area contributed by atoms with Gasteiger partial charge in [0, 0.05) is 5.56 Å². The zero-order valence-electron chi connectivity index (χ0n) is 17.8. The van der Waals surface area contributed by atoms with Crippen LogP contribution in [-0.2, 0) is 16.1 Å². The highest BCUT2D eigenvalue weighted by atomic mass is 32.1. The van der Waals surface area contributed by atoms with Crippen molar-refractivity contribution >= 4 is 33.4 Å². The second-order valence-electron chi connectivity index (χ2n) is 7.05. The highest BCUT2D eigenvalue weighted by Gasteiger charge is 2.14. The fourth-order valence-electron chi connectivity index (χ4n) is 3.32. The molecule has 0 aliphatic rings. The molecule has 0 aliphatic heterocycles. The molecular weight excluding hydrogens is 424 g/mol. The van der Waals surface area contributed by atoms with Gasteiger partial charge in [-0.15, -0.1) is 0 Å². The van der Waals surface area contributed by atoms with E-state index >= 15 is 0 Å². The molecule has 0 N–H and O–H groups in total. The van der Waals surface area contributed by atoms with Gasteiger partial charge in [-0.2, -0.15) is 4.99 Å². The van der Waals surface area contributed by atoms with E-state index in [0.29, 0.717) is 22.7 Å². The second-order valence-corrected chi connectivity index (χ2v) is 8.06. The first-order valence-electron chi connectivity index (χ1n) is 10.2. The molecule has 7 heteroatoms. The Hall–Kier alpha value is -3.71. The molecule has 1 amide bonds. The van der Waals surface area contributed by atoms with Crippen molar-refractivity contribution in [1.82, 2.24) is 4.57 Å². The minimum atomic E-state index is -0.391. The number of hydrogen-bond acceptors (Lipinski definition) is 5. The number of aromatic nitrogens is 1. The summed E-state index contributed by atoms with van der Waals surface area (Å²) in [5, 5.41) is 0. The summed E-state index contributed by atoms with van der Waals surface area (Å²) in [6, 6.07) is 22.1. The van der Waals surface area contributed by atoms with Crippen LogP contribution in [0.5, 0.6) is 11.5 Å². The average molecular weight is 447 g/mol. The van der Waals surface area contributed by atoms with Crippen LogP contribution in [0.1, 0.15) is 22.8 Å². The van der Waals surface area contributed by atoms with E-state index in [4.69, 9.17) is 9.47 Å². The van der Waals surface area contributed by atoms with Crippen LogP contribution >= 0.6 is 11.3 Å². The lowest BCUT2D eigenvalue weighted by Crippen LogP contribution is -2.23. The molecular formula is C25H22N2O4S. The largest absolute Gasteiger partial charge is 0.465 e. The summed E-state index contributed by atoms with van der Waals surface area (Å²) in [5.41, 5.74) is 2.31. The van der Waals surface area contributed by atoms with E-state index < -0.39 is 5.91 Å².